The number of hydrogen-bond acceptors (Lipinski definition) is 0. The maximum atomic E-state index is 2.36. The first kappa shape index (κ1) is 15.0. The largest absolute Gasteiger partial charge is 0.0810 e. The van der Waals surface area contributed by atoms with Gasteiger partial charge in [-0.2, -0.15) is 0 Å². The van der Waals surface area contributed by atoms with E-state index in [1.807, 2.05) is 27.7 Å². The summed E-state index contributed by atoms with van der Waals surface area (Å²) in [6, 6.07) is 0. The molecule has 0 fully saturated rings. The van der Waals surface area contributed by atoms with Crippen LogP contribution in [0.2, 0.25) is 0 Å². The highest BCUT2D eigenvalue weighted by atomic mass is 14.1. The van der Waals surface area contributed by atoms with E-state index in [0.29, 0.717) is 0 Å². The molecular formula is C13H26. The summed E-state index contributed by atoms with van der Waals surface area (Å²) in [5.74, 6) is 0. The van der Waals surface area contributed by atoms with Crippen molar-refractivity contribution in [2.24, 2.45) is 0 Å². The van der Waals surface area contributed by atoms with Crippen molar-refractivity contribution in [3.63, 3.8) is 0 Å². The maximum Gasteiger partial charge on any atom is -0.0308 e. The SMILES string of the molecule is CC.CC.CCC1=CCCC=C1C. The maximum absolute atomic E-state index is 2.36. The Bertz CT molecular complexity index is 149. The van der Waals surface area contributed by atoms with Crippen molar-refractivity contribution in [3.8, 4) is 0 Å². The first-order valence-electron chi connectivity index (χ1n) is 5.70. The summed E-state index contributed by atoms with van der Waals surface area (Å²) in [5.41, 5.74) is 3.03. The topological polar surface area (TPSA) is 0 Å². The second-order valence-corrected chi connectivity index (χ2v) is 2.55. The lowest BCUT2D eigenvalue weighted by atomic mass is 9.97. The Morgan fingerprint density at radius 1 is 1.00 bits per heavy atom. The summed E-state index contributed by atoms with van der Waals surface area (Å²) in [5, 5.41) is 0. The summed E-state index contributed by atoms with van der Waals surface area (Å²) < 4.78 is 0. The molecule has 0 aromatic rings. The van der Waals surface area contributed by atoms with Gasteiger partial charge in [0.25, 0.3) is 0 Å². The van der Waals surface area contributed by atoms with E-state index in [1.165, 1.54) is 24.8 Å². The zero-order valence-corrected chi connectivity index (χ0v) is 10.3. The smallest absolute Gasteiger partial charge is 0.0308 e. The van der Waals surface area contributed by atoms with E-state index < -0.39 is 0 Å². The van der Waals surface area contributed by atoms with Crippen molar-refractivity contribution in [2.75, 3.05) is 0 Å². The van der Waals surface area contributed by atoms with Crippen LogP contribution in [-0.2, 0) is 0 Å². The van der Waals surface area contributed by atoms with Gasteiger partial charge in [-0.05, 0) is 31.8 Å². The van der Waals surface area contributed by atoms with Crippen LogP contribution in [0.3, 0.4) is 0 Å². The molecule has 0 spiro atoms. The van der Waals surface area contributed by atoms with Crippen LogP contribution in [0.1, 0.15) is 60.8 Å². The monoisotopic (exact) mass is 182 g/mol. The minimum Gasteiger partial charge on any atom is -0.0810 e. The lowest BCUT2D eigenvalue weighted by Gasteiger charge is -2.09. The van der Waals surface area contributed by atoms with Crippen LogP contribution in [0.15, 0.2) is 23.3 Å². The van der Waals surface area contributed by atoms with Gasteiger partial charge in [-0.3, -0.25) is 0 Å². The molecule has 0 radical (unpaired) electrons. The third-order valence-corrected chi connectivity index (χ3v) is 1.90. The average Bonchev–Trinajstić information content (AvgIpc) is 2.24. The second-order valence-electron chi connectivity index (χ2n) is 2.55. The molecule has 0 heterocycles. The zero-order valence-electron chi connectivity index (χ0n) is 10.3. The highest BCUT2D eigenvalue weighted by molar-refractivity contribution is 5.31. The van der Waals surface area contributed by atoms with Crippen molar-refractivity contribution < 1.29 is 0 Å². The number of allylic oxidation sites excluding steroid dienone is 4. The van der Waals surface area contributed by atoms with Crippen LogP contribution >= 0.6 is 0 Å². The molecule has 0 saturated carbocycles. The van der Waals surface area contributed by atoms with Gasteiger partial charge in [-0.15, -0.1) is 0 Å². The lowest BCUT2D eigenvalue weighted by Crippen LogP contribution is -1.88. The Kier molecular flexibility index (Phi) is 13.2. The van der Waals surface area contributed by atoms with E-state index in [2.05, 4.69) is 26.0 Å². The van der Waals surface area contributed by atoms with E-state index in [0.717, 1.165) is 0 Å². The van der Waals surface area contributed by atoms with E-state index in [4.69, 9.17) is 0 Å². The molecule has 0 unspecified atom stereocenters. The van der Waals surface area contributed by atoms with Gasteiger partial charge in [0.05, 0.1) is 0 Å². The van der Waals surface area contributed by atoms with Gasteiger partial charge in [0.2, 0.25) is 0 Å². The molecular weight excluding hydrogens is 156 g/mol. The van der Waals surface area contributed by atoms with E-state index in [1.54, 1.807) is 5.57 Å². The molecule has 0 N–H and O–H groups in total. The first-order chi connectivity index (χ1) is 6.34. The molecule has 0 aromatic heterocycles. The molecule has 0 bridgehead atoms. The minimum atomic E-state index is 1.20. The van der Waals surface area contributed by atoms with Crippen LogP contribution < -0.4 is 0 Å². The minimum absolute atomic E-state index is 1.20. The van der Waals surface area contributed by atoms with Crippen LogP contribution in [0.25, 0.3) is 0 Å². The average molecular weight is 182 g/mol. The highest BCUT2D eigenvalue weighted by Gasteiger charge is 1.99. The Hall–Kier alpha value is -0.520. The van der Waals surface area contributed by atoms with Gasteiger partial charge < -0.3 is 0 Å². The van der Waals surface area contributed by atoms with Gasteiger partial charge in [0, 0.05) is 0 Å². The van der Waals surface area contributed by atoms with Crippen LogP contribution in [-0.4, -0.2) is 0 Å². The molecule has 0 amide bonds. The van der Waals surface area contributed by atoms with Crippen LogP contribution in [0.4, 0.5) is 0 Å². The Morgan fingerprint density at radius 2 is 1.46 bits per heavy atom. The quantitative estimate of drug-likeness (QED) is 0.528. The molecule has 0 aliphatic heterocycles. The zero-order chi connectivity index (χ0) is 10.7. The summed E-state index contributed by atoms with van der Waals surface area (Å²) in [6.07, 6.45) is 8.38. The third-order valence-electron chi connectivity index (χ3n) is 1.90. The Morgan fingerprint density at radius 3 is 1.77 bits per heavy atom. The summed E-state index contributed by atoms with van der Waals surface area (Å²) >= 11 is 0. The van der Waals surface area contributed by atoms with Crippen molar-refractivity contribution in [3.05, 3.63) is 23.3 Å². The van der Waals surface area contributed by atoms with E-state index >= 15 is 0 Å². The molecule has 0 atom stereocenters. The molecule has 0 nitrogen and oxygen atoms in total. The summed E-state index contributed by atoms with van der Waals surface area (Å²) in [7, 11) is 0. The highest BCUT2D eigenvalue weighted by Crippen LogP contribution is 2.19. The molecule has 1 rings (SSSR count). The van der Waals surface area contributed by atoms with Gasteiger partial charge in [-0.25, -0.2) is 0 Å². The standard InChI is InChI=1S/C9H14.2C2H6/c1-3-9-7-5-4-6-8(9)2;2*1-2/h6-7H,3-5H2,1-2H3;2*1-2H3. The summed E-state index contributed by atoms with van der Waals surface area (Å²) in [6.45, 7) is 12.4. The summed E-state index contributed by atoms with van der Waals surface area (Å²) in [4.78, 5) is 0. The van der Waals surface area contributed by atoms with E-state index in [9.17, 15) is 0 Å². The predicted octanol–water partition coefficient (Wildman–Crippen LogP) is 5.12. The van der Waals surface area contributed by atoms with E-state index in [-0.39, 0.29) is 0 Å². The fourth-order valence-electron chi connectivity index (χ4n) is 1.27. The number of hydrogen-bond donors (Lipinski definition) is 0. The normalized spacial score (nSPS) is 14.0. The second kappa shape index (κ2) is 11.5. The lowest BCUT2D eigenvalue weighted by molar-refractivity contribution is 0.952. The number of rotatable bonds is 1. The fourth-order valence-corrected chi connectivity index (χ4v) is 1.27. The molecule has 0 aromatic carbocycles. The Labute approximate surface area is 84.7 Å². The molecule has 13 heavy (non-hydrogen) atoms. The fraction of sp³-hybridized carbons (Fsp3) is 0.692. The molecule has 1 aliphatic rings. The molecule has 78 valence electrons. The van der Waals surface area contributed by atoms with Crippen LogP contribution in [0, 0.1) is 0 Å². The van der Waals surface area contributed by atoms with Gasteiger partial charge >= 0.3 is 0 Å². The van der Waals surface area contributed by atoms with Crippen molar-refractivity contribution >= 4 is 0 Å². The predicted molar refractivity (Wildman–Crippen MR) is 64.1 cm³/mol. The van der Waals surface area contributed by atoms with Crippen molar-refractivity contribution in [1.29, 1.82) is 0 Å². The van der Waals surface area contributed by atoms with Crippen LogP contribution in [0.5, 0.6) is 0 Å². The molecule has 0 saturated heterocycles. The van der Waals surface area contributed by atoms with Crippen molar-refractivity contribution in [1.82, 2.24) is 0 Å². The van der Waals surface area contributed by atoms with Gasteiger partial charge in [0.1, 0.15) is 0 Å². The third kappa shape index (κ3) is 6.62. The van der Waals surface area contributed by atoms with Crippen molar-refractivity contribution in [2.45, 2.75) is 60.8 Å². The van der Waals surface area contributed by atoms with Gasteiger partial charge in [0.15, 0.2) is 0 Å². The Balaban J connectivity index is 0. The van der Waals surface area contributed by atoms with Gasteiger partial charge in [-0.1, -0.05) is 52.3 Å². The molecule has 0 heteroatoms. The molecule has 1 aliphatic carbocycles. The first-order valence-corrected chi connectivity index (χ1v) is 5.70.